The number of anilines is 3. The number of aliphatic hydroxyl groups is 1. The van der Waals surface area contributed by atoms with Crippen molar-refractivity contribution in [3.8, 4) is 0 Å². The third-order valence-electron chi connectivity index (χ3n) is 4.02. The van der Waals surface area contributed by atoms with Gasteiger partial charge in [0.1, 0.15) is 11.3 Å². The number of aromatic nitrogens is 4. The Balaban J connectivity index is 1.92. The lowest BCUT2D eigenvalue weighted by atomic mass is 10.2. The molecule has 0 spiro atoms. The lowest BCUT2D eigenvalue weighted by Gasteiger charge is -2.13. The molecule has 3 N–H and O–H groups in total. The molecule has 0 amide bonds. The Labute approximate surface area is 157 Å². The molecule has 0 radical (unpaired) electrons. The van der Waals surface area contributed by atoms with E-state index in [4.69, 9.17) is 5.11 Å². The maximum absolute atomic E-state index is 14.0. The predicted octanol–water partition coefficient (Wildman–Crippen LogP) is 3.55. The summed E-state index contributed by atoms with van der Waals surface area (Å²) in [6, 6.07) is 6.51. The molecule has 0 atom stereocenters. The molecular formula is C19H25FN6O. The van der Waals surface area contributed by atoms with Crippen molar-refractivity contribution in [2.45, 2.75) is 33.2 Å². The second kappa shape index (κ2) is 8.77. The summed E-state index contributed by atoms with van der Waals surface area (Å²) in [7, 11) is 0. The molecule has 2 aromatic heterocycles. The lowest BCUT2D eigenvalue weighted by molar-refractivity contribution is 0.286. The zero-order valence-electron chi connectivity index (χ0n) is 15.6. The fourth-order valence-corrected chi connectivity index (χ4v) is 2.76. The summed E-state index contributed by atoms with van der Waals surface area (Å²) >= 11 is 0. The smallest absolute Gasteiger partial charge is 0.224 e. The number of benzene rings is 1. The van der Waals surface area contributed by atoms with Crippen LogP contribution in [0.5, 0.6) is 0 Å². The number of nitrogens with zero attached hydrogens (tertiary/aromatic N) is 4. The molecule has 7 nitrogen and oxygen atoms in total. The number of aliphatic hydroxyl groups excluding tert-OH is 1. The van der Waals surface area contributed by atoms with Crippen LogP contribution in [0.3, 0.4) is 0 Å². The Morgan fingerprint density at radius 2 is 2.00 bits per heavy atom. The minimum atomic E-state index is -0.335. The van der Waals surface area contributed by atoms with Gasteiger partial charge >= 0.3 is 0 Å². The first-order chi connectivity index (χ1) is 13.1. The summed E-state index contributed by atoms with van der Waals surface area (Å²) in [5.41, 5.74) is 1.71. The molecule has 0 aliphatic carbocycles. The van der Waals surface area contributed by atoms with Crippen LogP contribution in [-0.2, 0) is 6.54 Å². The summed E-state index contributed by atoms with van der Waals surface area (Å²) in [4.78, 5) is 13.4. The molecule has 0 aliphatic heterocycles. The van der Waals surface area contributed by atoms with Gasteiger partial charge in [0.2, 0.25) is 11.9 Å². The number of rotatable bonds is 9. The predicted molar refractivity (Wildman–Crippen MR) is 105 cm³/mol. The van der Waals surface area contributed by atoms with Crippen molar-refractivity contribution in [1.82, 2.24) is 19.5 Å². The van der Waals surface area contributed by atoms with Crippen molar-refractivity contribution in [3.63, 3.8) is 0 Å². The van der Waals surface area contributed by atoms with Crippen molar-refractivity contribution in [3.05, 3.63) is 36.3 Å². The molecule has 3 rings (SSSR count). The Hall–Kier alpha value is -2.74. The standard InChI is InChI=1S/C19H25FN6O/c1-13(2)12-26-17-16(11-22-18(25-17)21-9-5-6-10-27)24-19(26)23-15-8-4-3-7-14(15)20/h3-4,7-8,11,13,27H,5-6,9-10,12H2,1-2H3,(H,23,24)(H,21,22,25). The highest BCUT2D eigenvalue weighted by atomic mass is 19.1. The normalized spacial score (nSPS) is 11.3. The van der Waals surface area contributed by atoms with Crippen LogP contribution < -0.4 is 10.6 Å². The third kappa shape index (κ3) is 4.71. The molecule has 144 valence electrons. The van der Waals surface area contributed by atoms with Crippen LogP contribution in [0, 0.1) is 11.7 Å². The SMILES string of the molecule is CC(C)Cn1c(Nc2ccccc2F)nc2cnc(NCCCCO)nc21. The molecule has 0 saturated heterocycles. The highest BCUT2D eigenvalue weighted by molar-refractivity contribution is 5.76. The molecule has 0 bridgehead atoms. The molecule has 27 heavy (non-hydrogen) atoms. The van der Waals surface area contributed by atoms with E-state index in [1.807, 2.05) is 4.57 Å². The van der Waals surface area contributed by atoms with Crippen molar-refractivity contribution in [2.75, 3.05) is 23.8 Å². The van der Waals surface area contributed by atoms with E-state index in [-0.39, 0.29) is 12.4 Å². The number of nitrogens with one attached hydrogen (secondary N) is 2. The highest BCUT2D eigenvalue weighted by Crippen LogP contribution is 2.24. The second-order valence-corrected chi connectivity index (χ2v) is 6.80. The summed E-state index contributed by atoms with van der Waals surface area (Å²) in [5.74, 6) is 1.08. The Kier molecular flexibility index (Phi) is 6.18. The van der Waals surface area contributed by atoms with E-state index >= 15 is 0 Å². The van der Waals surface area contributed by atoms with Gasteiger partial charge in [-0.1, -0.05) is 26.0 Å². The van der Waals surface area contributed by atoms with Gasteiger partial charge in [0, 0.05) is 19.7 Å². The van der Waals surface area contributed by atoms with Gasteiger partial charge in [-0.05, 0) is 30.9 Å². The highest BCUT2D eigenvalue weighted by Gasteiger charge is 2.16. The van der Waals surface area contributed by atoms with Gasteiger partial charge in [-0.15, -0.1) is 0 Å². The number of fused-ring (bicyclic) bond motifs is 1. The fraction of sp³-hybridized carbons (Fsp3) is 0.421. The zero-order chi connectivity index (χ0) is 19.2. The van der Waals surface area contributed by atoms with Crippen LogP contribution in [-0.4, -0.2) is 37.8 Å². The van der Waals surface area contributed by atoms with Gasteiger partial charge in [0.25, 0.3) is 0 Å². The van der Waals surface area contributed by atoms with E-state index in [9.17, 15) is 4.39 Å². The Bertz CT molecular complexity index is 895. The second-order valence-electron chi connectivity index (χ2n) is 6.80. The van der Waals surface area contributed by atoms with Crippen LogP contribution in [0.25, 0.3) is 11.2 Å². The van der Waals surface area contributed by atoms with Crippen LogP contribution in [0.1, 0.15) is 26.7 Å². The largest absolute Gasteiger partial charge is 0.396 e. The van der Waals surface area contributed by atoms with Crippen molar-refractivity contribution in [1.29, 1.82) is 0 Å². The van der Waals surface area contributed by atoms with Crippen LogP contribution in [0.15, 0.2) is 30.5 Å². The first-order valence-electron chi connectivity index (χ1n) is 9.18. The number of halogens is 1. The number of hydrogen-bond donors (Lipinski definition) is 3. The van der Waals surface area contributed by atoms with Crippen molar-refractivity contribution >= 4 is 28.7 Å². The number of hydrogen-bond acceptors (Lipinski definition) is 6. The van der Waals surface area contributed by atoms with Crippen LogP contribution >= 0.6 is 0 Å². The molecule has 0 unspecified atom stereocenters. The van der Waals surface area contributed by atoms with Crippen LogP contribution in [0.4, 0.5) is 22.0 Å². The van der Waals surface area contributed by atoms with E-state index < -0.39 is 0 Å². The maximum atomic E-state index is 14.0. The van der Waals surface area contributed by atoms with Gasteiger partial charge in [-0.3, -0.25) is 4.57 Å². The molecule has 0 aliphatic rings. The quantitative estimate of drug-likeness (QED) is 0.498. The molecular weight excluding hydrogens is 347 g/mol. The summed E-state index contributed by atoms with van der Waals surface area (Å²) in [5, 5.41) is 15.1. The van der Waals surface area contributed by atoms with Gasteiger partial charge in [-0.2, -0.15) is 4.98 Å². The van der Waals surface area contributed by atoms with E-state index in [0.717, 1.165) is 12.8 Å². The minimum absolute atomic E-state index is 0.174. The molecule has 0 saturated carbocycles. The molecule has 1 aromatic carbocycles. The van der Waals surface area contributed by atoms with Crippen molar-refractivity contribution < 1.29 is 9.50 Å². The molecule has 3 aromatic rings. The lowest BCUT2D eigenvalue weighted by Crippen LogP contribution is -2.11. The summed E-state index contributed by atoms with van der Waals surface area (Å²) in [6.45, 7) is 5.76. The Morgan fingerprint density at radius 1 is 1.19 bits per heavy atom. The van der Waals surface area contributed by atoms with E-state index in [1.54, 1.807) is 24.4 Å². The minimum Gasteiger partial charge on any atom is -0.396 e. The molecule has 0 fully saturated rings. The zero-order valence-corrected chi connectivity index (χ0v) is 15.6. The van der Waals surface area contributed by atoms with Gasteiger partial charge in [0.05, 0.1) is 11.9 Å². The average molecular weight is 372 g/mol. The first-order valence-corrected chi connectivity index (χ1v) is 9.18. The monoisotopic (exact) mass is 372 g/mol. The Morgan fingerprint density at radius 3 is 2.74 bits per heavy atom. The van der Waals surface area contributed by atoms with E-state index in [0.29, 0.717) is 47.8 Å². The maximum Gasteiger partial charge on any atom is 0.224 e. The van der Waals surface area contributed by atoms with E-state index in [2.05, 4.69) is 39.4 Å². The van der Waals surface area contributed by atoms with Crippen LogP contribution in [0.2, 0.25) is 0 Å². The average Bonchev–Trinajstić information content (AvgIpc) is 2.97. The van der Waals surface area contributed by atoms with Gasteiger partial charge < -0.3 is 15.7 Å². The third-order valence-corrected chi connectivity index (χ3v) is 4.02. The first kappa shape index (κ1) is 19.0. The van der Waals surface area contributed by atoms with Gasteiger partial charge in [-0.25, -0.2) is 14.4 Å². The molecule has 8 heteroatoms. The van der Waals surface area contributed by atoms with Gasteiger partial charge in [0.15, 0.2) is 5.65 Å². The van der Waals surface area contributed by atoms with E-state index in [1.165, 1.54) is 6.07 Å². The summed E-state index contributed by atoms with van der Waals surface area (Å²) < 4.78 is 16.0. The van der Waals surface area contributed by atoms with Crippen molar-refractivity contribution in [2.24, 2.45) is 5.92 Å². The summed E-state index contributed by atoms with van der Waals surface area (Å²) in [6.07, 6.45) is 3.24. The number of unbranched alkanes of at least 4 members (excludes halogenated alkanes) is 1. The number of imidazole rings is 1. The topological polar surface area (TPSA) is 87.9 Å². The molecule has 2 heterocycles. The number of para-hydroxylation sites is 1. The fourth-order valence-electron chi connectivity index (χ4n) is 2.76.